The molecule has 2 atom stereocenters. The molecule has 0 aromatic heterocycles. The number of sulfone groups is 1. The lowest BCUT2D eigenvalue weighted by atomic mass is 9.81. The summed E-state index contributed by atoms with van der Waals surface area (Å²) in [6.45, 7) is 2.36. The van der Waals surface area contributed by atoms with Crippen molar-refractivity contribution >= 4 is 39.2 Å². The van der Waals surface area contributed by atoms with Crippen molar-refractivity contribution in [2.75, 3.05) is 5.32 Å². The minimum absolute atomic E-state index is 0.0204. The third kappa shape index (κ3) is 6.28. The van der Waals surface area contributed by atoms with E-state index in [0.717, 1.165) is 24.0 Å². The van der Waals surface area contributed by atoms with E-state index in [0.29, 0.717) is 31.6 Å². The van der Waals surface area contributed by atoms with Crippen molar-refractivity contribution in [3.63, 3.8) is 0 Å². The second-order valence-corrected chi connectivity index (χ2v) is 13.2. The lowest BCUT2D eigenvalue weighted by Gasteiger charge is -2.33. The van der Waals surface area contributed by atoms with Crippen molar-refractivity contribution in [1.29, 1.82) is 0 Å². The molecule has 3 aromatic carbocycles. The molecule has 2 saturated carbocycles. The van der Waals surface area contributed by atoms with Gasteiger partial charge in [-0.1, -0.05) is 46.6 Å². The first-order chi connectivity index (χ1) is 19.5. The van der Waals surface area contributed by atoms with Gasteiger partial charge in [0.2, 0.25) is 0 Å². The summed E-state index contributed by atoms with van der Waals surface area (Å²) in [6.07, 6.45) is 4.54. The average molecular weight is 605 g/mol. The van der Waals surface area contributed by atoms with E-state index in [9.17, 15) is 26.4 Å². The molecule has 5 rings (SSSR count). The van der Waals surface area contributed by atoms with Crippen LogP contribution < -0.4 is 5.32 Å². The molecule has 216 valence electrons. The van der Waals surface area contributed by atoms with Gasteiger partial charge in [-0.25, -0.2) is 21.6 Å². The third-order valence-corrected chi connectivity index (χ3v) is 10.7. The number of benzene rings is 3. The summed E-state index contributed by atoms with van der Waals surface area (Å²) in [6, 6.07) is 13.0. The number of nitrogens with one attached hydrogen (secondary N) is 1. The fourth-order valence-corrected chi connectivity index (χ4v) is 8.79. The Balaban J connectivity index is 1.27. The normalized spacial score (nSPS) is 22.2. The van der Waals surface area contributed by atoms with Gasteiger partial charge in [0.25, 0.3) is 5.91 Å². The van der Waals surface area contributed by atoms with Crippen molar-refractivity contribution in [3.8, 4) is 0 Å². The maximum Gasteiger partial charge on any atom is 0.255 e. The van der Waals surface area contributed by atoms with Gasteiger partial charge in [0, 0.05) is 29.6 Å². The Morgan fingerprint density at radius 1 is 1.02 bits per heavy atom. The topological polar surface area (TPSA) is 84.8 Å². The molecule has 0 spiro atoms. The molecule has 2 bridgehead atoms. The van der Waals surface area contributed by atoms with Gasteiger partial charge in [0.15, 0.2) is 27.3 Å². The molecule has 1 amide bonds. The SMILES string of the molecule is Cc1ccc(CO/N=C/C2C[C@@H]3CC[C@@H](C2)C3S(=O)(=O)c2cc(C(=O)Nc3cc(F)c(F)c(F)c3)ccc2Cl)cc1. The molecule has 2 aliphatic rings. The highest BCUT2D eigenvalue weighted by atomic mass is 35.5. The van der Waals surface area contributed by atoms with Gasteiger partial charge in [-0.2, -0.15) is 0 Å². The van der Waals surface area contributed by atoms with E-state index in [1.165, 1.54) is 18.2 Å². The molecule has 0 saturated heterocycles. The average Bonchev–Trinajstić information content (AvgIpc) is 3.22. The lowest BCUT2D eigenvalue weighted by molar-refractivity contribution is 0.102. The minimum Gasteiger partial charge on any atom is -0.391 e. The van der Waals surface area contributed by atoms with Gasteiger partial charge >= 0.3 is 0 Å². The second kappa shape index (κ2) is 11.9. The van der Waals surface area contributed by atoms with E-state index in [-0.39, 0.29) is 38.9 Å². The number of hydrogen-bond acceptors (Lipinski definition) is 5. The molecule has 11 heteroatoms. The monoisotopic (exact) mass is 604 g/mol. The van der Waals surface area contributed by atoms with Gasteiger partial charge < -0.3 is 10.2 Å². The van der Waals surface area contributed by atoms with Crippen LogP contribution in [0, 0.1) is 42.1 Å². The fourth-order valence-electron chi connectivity index (χ4n) is 5.91. The number of amides is 1. The molecular weight excluding hydrogens is 577 g/mol. The number of nitrogens with zero attached hydrogens (tertiary/aromatic N) is 1. The number of carbonyl (C=O) groups excluding carboxylic acids is 1. The van der Waals surface area contributed by atoms with E-state index < -0.39 is 38.4 Å². The first-order valence-electron chi connectivity index (χ1n) is 13.2. The summed E-state index contributed by atoms with van der Waals surface area (Å²) in [7, 11) is -3.92. The Labute approximate surface area is 241 Å². The standard InChI is InChI=1S/C30H28ClF3N2O4S/c1-17-2-4-18(5-3-17)16-40-35-15-19-10-20-6-7-21(11-19)29(20)41(38,39)27-12-22(8-9-24(27)31)30(37)36-23-13-25(32)28(34)26(33)14-23/h2-5,8-9,12-15,19-21,29H,6-7,10-11,16H2,1H3,(H,36,37)/b35-15+/t19?,20-,21-,29?/m0/s1. The fraction of sp³-hybridized carbons (Fsp3) is 0.333. The highest BCUT2D eigenvalue weighted by molar-refractivity contribution is 7.92. The van der Waals surface area contributed by atoms with E-state index in [4.69, 9.17) is 16.4 Å². The van der Waals surface area contributed by atoms with Crippen LogP contribution in [0.3, 0.4) is 0 Å². The van der Waals surface area contributed by atoms with Crippen molar-refractivity contribution in [1.82, 2.24) is 0 Å². The lowest BCUT2D eigenvalue weighted by Crippen LogP contribution is -2.38. The van der Waals surface area contributed by atoms with Crippen LogP contribution in [0.15, 0.2) is 64.6 Å². The zero-order chi connectivity index (χ0) is 29.3. The maximum atomic E-state index is 13.9. The predicted octanol–water partition coefficient (Wildman–Crippen LogP) is 7.10. The summed E-state index contributed by atoms with van der Waals surface area (Å²) in [5.41, 5.74) is 1.78. The molecule has 6 nitrogen and oxygen atoms in total. The number of hydrogen-bond donors (Lipinski definition) is 1. The minimum atomic E-state index is -3.92. The Morgan fingerprint density at radius 2 is 1.66 bits per heavy atom. The molecule has 0 unspecified atom stereocenters. The van der Waals surface area contributed by atoms with Crippen LogP contribution in [-0.2, 0) is 21.3 Å². The molecule has 2 aliphatic carbocycles. The molecule has 0 aliphatic heterocycles. The van der Waals surface area contributed by atoms with Crippen molar-refractivity contribution in [2.45, 2.75) is 49.4 Å². The third-order valence-electron chi connectivity index (χ3n) is 7.85. The molecule has 0 heterocycles. The number of aryl methyl sites for hydroxylation is 1. The highest BCUT2D eigenvalue weighted by Crippen LogP contribution is 2.49. The van der Waals surface area contributed by atoms with Crippen LogP contribution in [-0.4, -0.2) is 25.8 Å². The smallest absolute Gasteiger partial charge is 0.255 e. The Hall–Kier alpha value is -3.37. The van der Waals surface area contributed by atoms with Gasteiger partial charge in [0.1, 0.15) is 6.61 Å². The first kappa shape index (κ1) is 29.1. The van der Waals surface area contributed by atoms with E-state index >= 15 is 0 Å². The van der Waals surface area contributed by atoms with Crippen LogP contribution in [0.4, 0.5) is 18.9 Å². The summed E-state index contributed by atoms with van der Waals surface area (Å²) in [4.78, 5) is 18.1. The van der Waals surface area contributed by atoms with Crippen LogP contribution in [0.5, 0.6) is 0 Å². The van der Waals surface area contributed by atoms with Crippen LogP contribution >= 0.6 is 11.6 Å². The van der Waals surface area contributed by atoms with E-state index in [2.05, 4.69) is 10.5 Å². The van der Waals surface area contributed by atoms with Crippen LogP contribution in [0.25, 0.3) is 0 Å². The number of anilines is 1. The van der Waals surface area contributed by atoms with Gasteiger partial charge in [-0.3, -0.25) is 4.79 Å². The largest absolute Gasteiger partial charge is 0.391 e. The van der Waals surface area contributed by atoms with Gasteiger partial charge in [-0.15, -0.1) is 0 Å². The Bertz CT molecular complexity index is 1560. The number of fused-ring (bicyclic) bond motifs is 2. The van der Waals surface area contributed by atoms with E-state index in [1.807, 2.05) is 31.2 Å². The predicted molar refractivity (Wildman–Crippen MR) is 150 cm³/mol. The summed E-state index contributed by atoms with van der Waals surface area (Å²) in [5, 5.41) is 5.73. The van der Waals surface area contributed by atoms with Gasteiger partial charge in [-0.05, 0) is 74.1 Å². The van der Waals surface area contributed by atoms with Crippen molar-refractivity contribution in [3.05, 3.63) is 93.8 Å². The maximum absolute atomic E-state index is 13.9. The Morgan fingerprint density at radius 3 is 2.29 bits per heavy atom. The number of rotatable bonds is 8. The first-order valence-corrected chi connectivity index (χ1v) is 15.2. The van der Waals surface area contributed by atoms with Gasteiger partial charge in [0.05, 0.1) is 15.2 Å². The number of oxime groups is 1. The molecule has 41 heavy (non-hydrogen) atoms. The number of carbonyl (C=O) groups is 1. The zero-order valence-corrected chi connectivity index (χ0v) is 23.7. The van der Waals surface area contributed by atoms with Crippen molar-refractivity contribution < 1.29 is 31.2 Å². The molecule has 0 radical (unpaired) electrons. The second-order valence-electron chi connectivity index (χ2n) is 10.7. The molecule has 1 N–H and O–H groups in total. The summed E-state index contributed by atoms with van der Waals surface area (Å²) in [5.74, 6) is -5.54. The highest BCUT2D eigenvalue weighted by Gasteiger charge is 2.49. The quantitative estimate of drug-likeness (QED) is 0.169. The summed E-state index contributed by atoms with van der Waals surface area (Å²) < 4.78 is 68.1. The number of halogens is 4. The van der Waals surface area contributed by atoms with Crippen LogP contribution in [0.1, 0.15) is 47.2 Å². The molecular formula is C30H28ClF3N2O4S. The van der Waals surface area contributed by atoms with E-state index in [1.54, 1.807) is 6.21 Å². The summed E-state index contributed by atoms with van der Waals surface area (Å²) >= 11 is 6.32. The molecule has 2 fully saturated rings. The zero-order valence-electron chi connectivity index (χ0n) is 22.1. The van der Waals surface area contributed by atoms with Crippen LogP contribution in [0.2, 0.25) is 5.02 Å². The Kier molecular flexibility index (Phi) is 8.42. The molecule has 3 aromatic rings. The van der Waals surface area contributed by atoms with Crippen molar-refractivity contribution in [2.24, 2.45) is 22.9 Å².